The van der Waals surface area contributed by atoms with Crippen LogP contribution < -0.4 is 10.3 Å². The highest BCUT2D eigenvalue weighted by Gasteiger charge is 2.17. The second kappa shape index (κ2) is 7.40. The van der Waals surface area contributed by atoms with E-state index in [2.05, 4.69) is 29.3 Å². The van der Waals surface area contributed by atoms with Gasteiger partial charge in [-0.25, -0.2) is 5.43 Å². The molecular weight excluding hydrogens is 276 g/mol. The van der Waals surface area contributed by atoms with E-state index >= 15 is 0 Å². The molecule has 0 radical (unpaired) electrons. The number of carbonyl (C=O) groups is 1. The summed E-state index contributed by atoms with van der Waals surface area (Å²) in [5.74, 6) is -0.149. The fraction of sp³-hybridized carbons (Fsp3) is 0.529. The van der Waals surface area contributed by atoms with E-state index in [4.69, 9.17) is 0 Å². The molecule has 120 valence electrons. The summed E-state index contributed by atoms with van der Waals surface area (Å²) in [5, 5.41) is 4.29. The molecule has 0 unspecified atom stereocenters. The predicted octanol–water partition coefficient (Wildman–Crippen LogP) is 2.34. The molecule has 0 bridgehead atoms. The summed E-state index contributed by atoms with van der Waals surface area (Å²) in [6, 6.07) is 8.09. The lowest BCUT2D eigenvalue weighted by Gasteiger charge is -2.30. The van der Waals surface area contributed by atoms with Gasteiger partial charge in [0, 0.05) is 63.0 Å². The van der Waals surface area contributed by atoms with Crippen LogP contribution >= 0.6 is 0 Å². The molecule has 5 heteroatoms. The minimum atomic E-state index is -0.149. The highest BCUT2D eigenvalue weighted by molar-refractivity contribution is 5.95. The average molecular weight is 302 g/mol. The van der Waals surface area contributed by atoms with E-state index in [1.807, 2.05) is 43.3 Å². The average Bonchev–Trinajstić information content (AvgIpc) is 2.53. The molecule has 0 aliphatic carbocycles. The summed E-state index contributed by atoms with van der Waals surface area (Å²) in [6.07, 6.45) is 1.86. The van der Waals surface area contributed by atoms with Crippen molar-refractivity contribution in [3.8, 4) is 0 Å². The van der Waals surface area contributed by atoms with Crippen LogP contribution in [0.2, 0.25) is 0 Å². The molecule has 0 saturated carbocycles. The number of hydrogen-bond donors (Lipinski definition) is 1. The molecule has 22 heavy (non-hydrogen) atoms. The number of carbonyl (C=O) groups excluding carboxylic acids is 1. The van der Waals surface area contributed by atoms with E-state index in [9.17, 15) is 4.79 Å². The van der Waals surface area contributed by atoms with Crippen LogP contribution in [0.15, 0.2) is 29.4 Å². The Kier molecular flexibility index (Phi) is 5.55. The minimum Gasteiger partial charge on any atom is -0.378 e. The summed E-state index contributed by atoms with van der Waals surface area (Å²) >= 11 is 0. The SMILES string of the molecule is CC(C)N1CCC(=NNC(=O)c2ccc(N(C)C)cc2)CC1. The standard InChI is InChI=1S/C17H26N4O/c1-13(2)21-11-9-15(10-12-21)18-19-17(22)14-5-7-16(8-6-14)20(3)4/h5-8,13H,9-12H2,1-4H3,(H,19,22). The Bertz CT molecular complexity index is 524. The van der Waals surface area contributed by atoms with Crippen molar-refractivity contribution in [2.45, 2.75) is 32.7 Å². The van der Waals surface area contributed by atoms with Gasteiger partial charge in [-0.15, -0.1) is 0 Å². The number of amides is 1. The number of likely N-dealkylation sites (tertiary alicyclic amines) is 1. The molecule has 0 spiro atoms. The maximum Gasteiger partial charge on any atom is 0.271 e. The van der Waals surface area contributed by atoms with E-state index in [0.29, 0.717) is 11.6 Å². The van der Waals surface area contributed by atoms with Crippen molar-refractivity contribution in [2.24, 2.45) is 5.10 Å². The molecule has 1 aromatic rings. The van der Waals surface area contributed by atoms with E-state index in [0.717, 1.165) is 37.3 Å². The first-order valence-corrected chi connectivity index (χ1v) is 7.84. The smallest absolute Gasteiger partial charge is 0.271 e. The monoisotopic (exact) mass is 302 g/mol. The maximum atomic E-state index is 12.1. The summed E-state index contributed by atoms with van der Waals surface area (Å²) in [7, 11) is 3.95. The lowest BCUT2D eigenvalue weighted by Crippen LogP contribution is -2.39. The number of nitrogens with one attached hydrogen (secondary N) is 1. The number of hydrogen-bond acceptors (Lipinski definition) is 4. The quantitative estimate of drug-likeness (QED) is 0.869. The summed E-state index contributed by atoms with van der Waals surface area (Å²) in [5.41, 5.74) is 5.46. The van der Waals surface area contributed by atoms with Gasteiger partial charge in [0.25, 0.3) is 5.91 Å². The van der Waals surface area contributed by atoms with Gasteiger partial charge in [-0.2, -0.15) is 5.10 Å². The number of piperidine rings is 1. The Hall–Kier alpha value is -1.88. The van der Waals surface area contributed by atoms with Crippen LogP contribution in [0.3, 0.4) is 0 Å². The highest BCUT2D eigenvalue weighted by atomic mass is 16.2. The van der Waals surface area contributed by atoms with Crippen molar-refractivity contribution < 1.29 is 4.79 Å². The molecule has 1 aliphatic rings. The van der Waals surface area contributed by atoms with Crippen molar-refractivity contribution in [3.05, 3.63) is 29.8 Å². The fourth-order valence-electron chi connectivity index (χ4n) is 2.52. The Labute approximate surface area is 133 Å². The number of hydrazone groups is 1. The first kappa shape index (κ1) is 16.5. The van der Waals surface area contributed by atoms with Crippen molar-refractivity contribution in [2.75, 3.05) is 32.1 Å². The van der Waals surface area contributed by atoms with Crippen molar-refractivity contribution in [1.82, 2.24) is 10.3 Å². The molecular formula is C17H26N4O. The van der Waals surface area contributed by atoms with Gasteiger partial charge in [-0.3, -0.25) is 4.79 Å². The molecule has 1 N–H and O–H groups in total. The molecule has 1 saturated heterocycles. The lowest BCUT2D eigenvalue weighted by molar-refractivity contribution is 0.0954. The van der Waals surface area contributed by atoms with Gasteiger partial charge in [-0.1, -0.05) is 0 Å². The second-order valence-electron chi connectivity index (χ2n) is 6.19. The third-order valence-electron chi connectivity index (χ3n) is 4.07. The van der Waals surface area contributed by atoms with Crippen LogP contribution in [0.5, 0.6) is 0 Å². The van der Waals surface area contributed by atoms with Gasteiger partial charge in [0.15, 0.2) is 0 Å². The Morgan fingerprint density at radius 2 is 1.77 bits per heavy atom. The largest absolute Gasteiger partial charge is 0.378 e. The lowest BCUT2D eigenvalue weighted by atomic mass is 10.1. The molecule has 0 aromatic heterocycles. The zero-order valence-electron chi connectivity index (χ0n) is 14.0. The summed E-state index contributed by atoms with van der Waals surface area (Å²) < 4.78 is 0. The first-order chi connectivity index (χ1) is 10.5. The number of benzene rings is 1. The summed E-state index contributed by atoms with van der Waals surface area (Å²) in [4.78, 5) is 16.5. The van der Waals surface area contributed by atoms with Gasteiger partial charge in [0.1, 0.15) is 0 Å². The number of anilines is 1. The van der Waals surface area contributed by atoms with Gasteiger partial charge in [-0.05, 0) is 38.1 Å². The predicted molar refractivity (Wildman–Crippen MR) is 91.6 cm³/mol. The van der Waals surface area contributed by atoms with Crippen LogP contribution in [0.4, 0.5) is 5.69 Å². The minimum absolute atomic E-state index is 0.149. The number of nitrogens with zero attached hydrogens (tertiary/aromatic N) is 3. The van der Waals surface area contributed by atoms with Crippen LogP contribution in [-0.4, -0.2) is 49.7 Å². The zero-order valence-corrected chi connectivity index (χ0v) is 14.0. The van der Waals surface area contributed by atoms with E-state index in [1.165, 1.54) is 0 Å². The Balaban J connectivity index is 1.88. The van der Waals surface area contributed by atoms with Crippen molar-refractivity contribution in [3.63, 3.8) is 0 Å². The van der Waals surface area contributed by atoms with E-state index < -0.39 is 0 Å². The topological polar surface area (TPSA) is 47.9 Å². The van der Waals surface area contributed by atoms with Gasteiger partial charge < -0.3 is 9.80 Å². The molecule has 0 atom stereocenters. The fourth-order valence-corrected chi connectivity index (χ4v) is 2.52. The zero-order chi connectivity index (χ0) is 16.1. The van der Waals surface area contributed by atoms with E-state index in [-0.39, 0.29) is 5.91 Å². The van der Waals surface area contributed by atoms with Crippen LogP contribution in [-0.2, 0) is 0 Å². The highest BCUT2D eigenvalue weighted by Crippen LogP contribution is 2.13. The molecule has 1 aromatic carbocycles. The van der Waals surface area contributed by atoms with Gasteiger partial charge >= 0.3 is 0 Å². The molecule has 1 heterocycles. The third-order valence-corrected chi connectivity index (χ3v) is 4.07. The van der Waals surface area contributed by atoms with Crippen LogP contribution in [0, 0.1) is 0 Å². The molecule has 1 amide bonds. The van der Waals surface area contributed by atoms with Crippen LogP contribution in [0.1, 0.15) is 37.0 Å². The third kappa shape index (κ3) is 4.31. The summed E-state index contributed by atoms with van der Waals surface area (Å²) in [6.45, 7) is 6.45. The Morgan fingerprint density at radius 1 is 1.18 bits per heavy atom. The van der Waals surface area contributed by atoms with Crippen LogP contribution in [0.25, 0.3) is 0 Å². The molecule has 1 aliphatic heterocycles. The van der Waals surface area contributed by atoms with Crippen molar-refractivity contribution >= 4 is 17.3 Å². The van der Waals surface area contributed by atoms with Crippen molar-refractivity contribution in [1.29, 1.82) is 0 Å². The molecule has 1 fully saturated rings. The van der Waals surface area contributed by atoms with Gasteiger partial charge in [0.2, 0.25) is 0 Å². The number of rotatable bonds is 4. The normalized spacial score (nSPS) is 15.8. The second-order valence-corrected chi connectivity index (χ2v) is 6.19. The molecule has 2 rings (SSSR count). The first-order valence-electron chi connectivity index (χ1n) is 7.84. The Morgan fingerprint density at radius 3 is 2.27 bits per heavy atom. The van der Waals surface area contributed by atoms with E-state index in [1.54, 1.807) is 0 Å². The molecule has 5 nitrogen and oxygen atoms in total. The van der Waals surface area contributed by atoms with Gasteiger partial charge in [0.05, 0.1) is 0 Å². The maximum absolute atomic E-state index is 12.1.